The van der Waals surface area contributed by atoms with Crippen molar-refractivity contribution in [2.45, 2.75) is 90.9 Å². The zero-order chi connectivity index (χ0) is 12.1. The van der Waals surface area contributed by atoms with E-state index in [9.17, 15) is 0 Å². The van der Waals surface area contributed by atoms with Crippen molar-refractivity contribution in [2.24, 2.45) is 5.92 Å². The van der Waals surface area contributed by atoms with Gasteiger partial charge >= 0.3 is 0 Å². The number of unbranched alkanes of at least 4 members (excludes halogenated alkanes) is 8. The minimum absolute atomic E-state index is 0.893. The number of rotatable bonds is 12. The Kier molecular flexibility index (Phi) is 13.1. The lowest BCUT2D eigenvalue weighted by Crippen LogP contribution is -1.96. The van der Waals surface area contributed by atoms with Crippen LogP contribution in [0, 0.1) is 12.8 Å². The van der Waals surface area contributed by atoms with Gasteiger partial charge in [-0.2, -0.15) is 0 Å². The lowest BCUT2D eigenvalue weighted by molar-refractivity contribution is 0.440. The SMILES string of the molecule is [CH2]CC(CC)CCCCCCCCCCC. The first-order valence-corrected chi connectivity index (χ1v) is 7.64. The molecule has 0 spiro atoms. The Labute approximate surface area is 104 Å². The van der Waals surface area contributed by atoms with Crippen molar-refractivity contribution in [3.8, 4) is 0 Å². The zero-order valence-electron chi connectivity index (χ0n) is 11.8. The molecule has 0 heteroatoms. The van der Waals surface area contributed by atoms with Crippen molar-refractivity contribution in [2.75, 3.05) is 0 Å². The van der Waals surface area contributed by atoms with Gasteiger partial charge in [0.1, 0.15) is 0 Å². The Morgan fingerprint density at radius 2 is 1.25 bits per heavy atom. The standard InChI is InChI=1S/C16H33/c1-4-7-8-9-10-11-12-13-14-15-16(5-2)6-3/h16H,2,4-15H2,1,3H3. The summed E-state index contributed by atoms with van der Waals surface area (Å²) in [6.45, 7) is 8.59. The second-order valence-corrected chi connectivity index (χ2v) is 5.18. The van der Waals surface area contributed by atoms with Gasteiger partial charge in [0.25, 0.3) is 0 Å². The van der Waals surface area contributed by atoms with Gasteiger partial charge in [0.05, 0.1) is 0 Å². The molecule has 0 saturated heterocycles. The fourth-order valence-corrected chi connectivity index (χ4v) is 2.30. The predicted molar refractivity (Wildman–Crippen MR) is 75.6 cm³/mol. The molecule has 0 aromatic heterocycles. The summed E-state index contributed by atoms with van der Waals surface area (Å²) >= 11 is 0. The smallest absolute Gasteiger partial charge is 0.0417 e. The van der Waals surface area contributed by atoms with E-state index in [1.54, 1.807) is 0 Å². The second kappa shape index (κ2) is 13.1. The monoisotopic (exact) mass is 225 g/mol. The average Bonchev–Trinajstić information content (AvgIpc) is 2.32. The Bertz CT molecular complexity index is 113. The van der Waals surface area contributed by atoms with Crippen molar-refractivity contribution < 1.29 is 0 Å². The van der Waals surface area contributed by atoms with Gasteiger partial charge in [-0.1, -0.05) is 97.8 Å². The lowest BCUT2D eigenvalue weighted by Gasteiger charge is -2.11. The Morgan fingerprint density at radius 3 is 1.69 bits per heavy atom. The molecule has 0 aliphatic rings. The summed E-state index contributed by atoms with van der Waals surface area (Å²) in [5.74, 6) is 0.893. The third kappa shape index (κ3) is 10.5. The van der Waals surface area contributed by atoms with Crippen molar-refractivity contribution in [3.05, 3.63) is 6.92 Å². The molecule has 0 heterocycles. The Hall–Kier alpha value is 0. The molecule has 0 saturated carbocycles. The molecule has 97 valence electrons. The van der Waals surface area contributed by atoms with E-state index >= 15 is 0 Å². The fourth-order valence-electron chi connectivity index (χ4n) is 2.30. The Morgan fingerprint density at radius 1 is 0.750 bits per heavy atom. The topological polar surface area (TPSA) is 0 Å². The van der Waals surface area contributed by atoms with Crippen molar-refractivity contribution in [3.63, 3.8) is 0 Å². The first-order valence-electron chi connectivity index (χ1n) is 7.64. The van der Waals surface area contributed by atoms with Crippen LogP contribution in [0.15, 0.2) is 0 Å². The summed E-state index contributed by atoms with van der Waals surface area (Å²) in [5, 5.41) is 0. The van der Waals surface area contributed by atoms with Crippen LogP contribution in [0.5, 0.6) is 0 Å². The molecule has 16 heavy (non-hydrogen) atoms. The van der Waals surface area contributed by atoms with Gasteiger partial charge in [0, 0.05) is 0 Å². The molecule has 1 atom stereocenters. The van der Waals surface area contributed by atoms with E-state index in [1.807, 2.05) is 0 Å². The van der Waals surface area contributed by atoms with Gasteiger partial charge in [-0.05, 0) is 5.92 Å². The summed E-state index contributed by atoms with van der Waals surface area (Å²) in [6, 6.07) is 0. The van der Waals surface area contributed by atoms with E-state index in [0.717, 1.165) is 12.3 Å². The quantitative estimate of drug-likeness (QED) is 0.349. The zero-order valence-corrected chi connectivity index (χ0v) is 11.8. The Balaban J connectivity index is 3.03. The molecule has 1 radical (unpaired) electrons. The lowest BCUT2D eigenvalue weighted by atomic mass is 9.95. The molecule has 1 unspecified atom stereocenters. The van der Waals surface area contributed by atoms with Crippen LogP contribution in [0.25, 0.3) is 0 Å². The largest absolute Gasteiger partial charge is 0.0654 e. The first kappa shape index (κ1) is 16.0. The summed E-state index contributed by atoms with van der Waals surface area (Å²) in [7, 11) is 0. The molecule has 0 fully saturated rings. The highest BCUT2D eigenvalue weighted by Crippen LogP contribution is 2.17. The molecule has 0 amide bonds. The fraction of sp³-hybridized carbons (Fsp3) is 0.938. The van der Waals surface area contributed by atoms with Gasteiger partial charge < -0.3 is 0 Å². The highest BCUT2D eigenvalue weighted by Gasteiger charge is 2.02. The van der Waals surface area contributed by atoms with E-state index in [1.165, 1.54) is 70.6 Å². The maximum absolute atomic E-state index is 4.01. The van der Waals surface area contributed by atoms with Crippen LogP contribution >= 0.6 is 0 Å². The van der Waals surface area contributed by atoms with Crippen LogP contribution < -0.4 is 0 Å². The average molecular weight is 225 g/mol. The third-order valence-corrected chi connectivity index (χ3v) is 3.70. The molecular formula is C16H33. The van der Waals surface area contributed by atoms with Gasteiger partial charge in [-0.3, -0.25) is 0 Å². The first-order chi connectivity index (χ1) is 7.85. The second-order valence-electron chi connectivity index (χ2n) is 5.18. The maximum atomic E-state index is 4.01. The van der Waals surface area contributed by atoms with Crippen molar-refractivity contribution in [1.82, 2.24) is 0 Å². The highest BCUT2D eigenvalue weighted by molar-refractivity contribution is 4.58. The number of hydrogen-bond acceptors (Lipinski definition) is 0. The normalized spacial score (nSPS) is 11.2. The van der Waals surface area contributed by atoms with Crippen LogP contribution in [0.2, 0.25) is 0 Å². The molecule has 0 aromatic rings. The van der Waals surface area contributed by atoms with Crippen molar-refractivity contribution >= 4 is 0 Å². The van der Waals surface area contributed by atoms with Crippen LogP contribution in [-0.2, 0) is 0 Å². The predicted octanol–water partition coefficient (Wildman–Crippen LogP) is 6.16. The van der Waals surface area contributed by atoms with Crippen LogP contribution in [0.4, 0.5) is 0 Å². The van der Waals surface area contributed by atoms with E-state index < -0.39 is 0 Å². The van der Waals surface area contributed by atoms with E-state index in [-0.39, 0.29) is 0 Å². The molecule has 0 nitrogen and oxygen atoms in total. The highest BCUT2D eigenvalue weighted by atomic mass is 14.1. The molecule has 0 N–H and O–H groups in total. The maximum Gasteiger partial charge on any atom is -0.0417 e. The molecule has 0 aromatic carbocycles. The minimum atomic E-state index is 0.893. The van der Waals surface area contributed by atoms with Gasteiger partial charge in [0.2, 0.25) is 0 Å². The molecule has 0 rings (SSSR count). The minimum Gasteiger partial charge on any atom is -0.0654 e. The summed E-state index contributed by atoms with van der Waals surface area (Å²) in [6.07, 6.45) is 16.8. The van der Waals surface area contributed by atoms with Gasteiger partial charge in [0.15, 0.2) is 0 Å². The molecule has 0 aliphatic heterocycles. The summed E-state index contributed by atoms with van der Waals surface area (Å²) < 4.78 is 0. The van der Waals surface area contributed by atoms with Crippen LogP contribution in [0.3, 0.4) is 0 Å². The van der Waals surface area contributed by atoms with Crippen LogP contribution in [0.1, 0.15) is 90.9 Å². The van der Waals surface area contributed by atoms with Gasteiger partial charge in [-0.15, -0.1) is 0 Å². The third-order valence-electron chi connectivity index (χ3n) is 3.70. The molecule has 0 bridgehead atoms. The number of hydrogen-bond donors (Lipinski definition) is 0. The van der Waals surface area contributed by atoms with Crippen LogP contribution in [-0.4, -0.2) is 0 Å². The van der Waals surface area contributed by atoms with E-state index in [2.05, 4.69) is 20.8 Å². The van der Waals surface area contributed by atoms with E-state index in [0.29, 0.717) is 0 Å². The summed E-state index contributed by atoms with van der Waals surface area (Å²) in [4.78, 5) is 0. The van der Waals surface area contributed by atoms with E-state index in [4.69, 9.17) is 0 Å². The molecular weight excluding hydrogens is 192 g/mol. The molecule has 0 aliphatic carbocycles. The summed E-state index contributed by atoms with van der Waals surface area (Å²) in [5.41, 5.74) is 0. The van der Waals surface area contributed by atoms with Crippen molar-refractivity contribution in [1.29, 1.82) is 0 Å². The van der Waals surface area contributed by atoms with Gasteiger partial charge in [-0.25, -0.2) is 0 Å².